The molecule has 0 bridgehead atoms. The summed E-state index contributed by atoms with van der Waals surface area (Å²) in [6, 6.07) is 14.3. The van der Waals surface area contributed by atoms with Crippen LogP contribution in [0, 0.1) is 5.92 Å². The lowest BCUT2D eigenvalue weighted by Gasteiger charge is -2.27. The van der Waals surface area contributed by atoms with Crippen molar-refractivity contribution >= 4 is 46.4 Å². The van der Waals surface area contributed by atoms with E-state index in [9.17, 15) is 14.4 Å². The van der Waals surface area contributed by atoms with Gasteiger partial charge in [-0.3, -0.25) is 14.4 Å². The third kappa shape index (κ3) is 5.71. The first-order valence-electron chi connectivity index (χ1n) is 13.1. The number of ether oxygens (including phenoxy) is 2. The number of rotatable bonds is 9. The molecule has 0 radical (unpaired) electrons. The molecule has 2 aromatic carbocycles. The zero-order chi connectivity index (χ0) is 29.1. The van der Waals surface area contributed by atoms with Crippen molar-refractivity contribution in [1.29, 1.82) is 0 Å². The molecule has 2 heterocycles. The normalized spacial score (nSPS) is 19.8. The van der Waals surface area contributed by atoms with Crippen molar-refractivity contribution in [3.8, 4) is 11.5 Å². The molecule has 0 saturated carbocycles. The van der Waals surface area contributed by atoms with Crippen molar-refractivity contribution in [1.82, 2.24) is 5.01 Å². The summed E-state index contributed by atoms with van der Waals surface area (Å²) in [6.45, 7) is 0. The van der Waals surface area contributed by atoms with Crippen LogP contribution < -0.4 is 9.47 Å². The van der Waals surface area contributed by atoms with Gasteiger partial charge in [0.25, 0.3) is 5.91 Å². The van der Waals surface area contributed by atoms with Gasteiger partial charge in [0, 0.05) is 30.2 Å². The standard InChI is InChI=1S/C31H28ClN3O6/c1-40-25-14-11-19(15-26(25)41-2)24-17-23(34-35(24)27(36)9-6-10-28(37)38)30-29(18-7-4-3-5-8-18)21-16-20(32)12-13-22(21)33-31(30)39/h3-5,7-8,11-16,21,24H,6,9-10,17H2,1-2H3,(H,37,38). The van der Waals surface area contributed by atoms with Crippen molar-refractivity contribution in [3.05, 3.63) is 88.5 Å². The molecular weight excluding hydrogens is 546 g/mol. The van der Waals surface area contributed by atoms with Gasteiger partial charge < -0.3 is 14.6 Å². The van der Waals surface area contributed by atoms with Crippen LogP contribution in [0.5, 0.6) is 11.5 Å². The molecule has 2 atom stereocenters. The summed E-state index contributed by atoms with van der Waals surface area (Å²) >= 11 is 6.39. The summed E-state index contributed by atoms with van der Waals surface area (Å²) < 4.78 is 10.9. The zero-order valence-corrected chi connectivity index (χ0v) is 23.3. The minimum atomic E-state index is -0.979. The molecule has 0 fully saturated rings. The highest BCUT2D eigenvalue weighted by molar-refractivity contribution is 6.36. The molecule has 3 aliphatic rings. The number of nitrogens with zero attached hydrogens (tertiary/aromatic N) is 3. The van der Waals surface area contributed by atoms with Crippen molar-refractivity contribution in [2.24, 2.45) is 16.0 Å². The number of benzene rings is 2. The summed E-state index contributed by atoms with van der Waals surface area (Å²) in [6.07, 6.45) is 5.55. The molecule has 41 heavy (non-hydrogen) atoms. The topological polar surface area (TPSA) is 118 Å². The van der Waals surface area contributed by atoms with E-state index in [0.717, 1.165) is 11.1 Å². The Labute approximate surface area is 242 Å². The number of carbonyl (C=O) groups excluding carboxylic acids is 2. The number of fused-ring (bicyclic) bond motifs is 1. The lowest BCUT2D eigenvalue weighted by molar-refractivity contribution is -0.137. The van der Waals surface area contributed by atoms with Crippen LogP contribution in [-0.2, 0) is 14.4 Å². The largest absolute Gasteiger partial charge is 0.493 e. The van der Waals surface area contributed by atoms with E-state index in [1.165, 1.54) is 19.2 Å². The van der Waals surface area contributed by atoms with Crippen LogP contribution in [-0.4, -0.2) is 53.5 Å². The predicted octanol–water partition coefficient (Wildman–Crippen LogP) is 5.33. The minimum absolute atomic E-state index is 0.0144. The monoisotopic (exact) mass is 573 g/mol. The molecular formula is C31H28ClN3O6. The Morgan fingerprint density at radius 3 is 2.51 bits per heavy atom. The van der Waals surface area contributed by atoms with Crippen LogP contribution in [0.3, 0.4) is 0 Å². The van der Waals surface area contributed by atoms with Gasteiger partial charge in [0.1, 0.15) is 0 Å². The molecule has 9 nitrogen and oxygen atoms in total. The third-order valence-corrected chi connectivity index (χ3v) is 7.45. The Hall–Kier alpha value is -4.50. The smallest absolute Gasteiger partial charge is 0.303 e. The lowest BCUT2D eigenvalue weighted by Crippen LogP contribution is -2.27. The van der Waals surface area contributed by atoms with E-state index in [1.54, 1.807) is 24.3 Å². The first kappa shape index (κ1) is 28.0. The summed E-state index contributed by atoms with van der Waals surface area (Å²) in [5, 5.41) is 15.7. The number of aliphatic carboxylic acids is 1. The van der Waals surface area contributed by atoms with Gasteiger partial charge in [-0.1, -0.05) is 54.1 Å². The maximum Gasteiger partial charge on any atom is 0.303 e. The molecule has 210 valence electrons. The van der Waals surface area contributed by atoms with Crippen molar-refractivity contribution in [2.45, 2.75) is 31.7 Å². The van der Waals surface area contributed by atoms with E-state index in [0.29, 0.717) is 39.1 Å². The van der Waals surface area contributed by atoms with E-state index >= 15 is 0 Å². The summed E-state index contributed by atoms with van der Waals surface area (Å²) in [5.41, 5.74) is 3.59. The fraction of sp³-hybridized carbons (Fsp3) is 0.258. The number of hydrazone groups is 1. The molecule has 1 N–H and O–H groups in total. The van der Waals surface area contributed by atoms with E-state index in [4.69, 9.17) is 31.3 Å². The van der Waals surface area contributed by atoms with Crippen molar-refractivity contribution < 1.29 is 29.0 Å². The second-order valence-electron chi connectivity index (χ2n) is 9.73. The maximum atomic E-state index is 13.6. The van der Waals surface area contributed by atoms with E-state index < -0.39 is 17.9 Å². The number of carbonyl (C=O) groups is 3. The van der Waals surface area contributed by atoms with Crippen LogP contribution in [0.2, 0.25) is 0 Å². The predicted molar refractivity (Wildman–Crippen MR) is 155 cm³/mol. The quantitative estimate of drug-likeness (QED) is 0.433. The number of hydrogen-bond acceptors (Lipinski definition) is 6. The highest BCUT2D eigenvalue weighted by atomic mass is 35.5. The Bertz CT molecular complexity index is 1560. The number of allylic oxidation sites excluding steroid dienone is 5. The number of carboxylic acid groups (broad SMARTS) is 1. The van der Waals surface area contributed by atoms with E-state index in [2.05, 4.69) is 4.99 Å². The van der Waals surface area contributed by atoms with Gasteiger partial charge in [0.2, 0.25) is 5.91 Å². The number of hydrogen-bond donors (Lipinski definition) is 1. The minimum Gasteiger partial charge on any atom is -0.493 e. The number of dihydropyridines is 1. The molecule has 2 unspecified atom stereocenters. The first-order chi connectivity index (χ1) is 19.8. The maximum absolute atomic E-state index is 13.6. The van der Waals surface area contributed by atoms with Gasteiger partial charge in [-0.25, -0.2) is 10.0 Å². The second-order valence-corrected chi connectivity index (χ2v) is 10.2. The Balaban J connectivity index is 1.61. The second kappa shape index (κ2) is 11.9. The molecule has 0 aromatic heterocycles. The van der Waals surface area contributed by atoms with Crippen LogP contribution in [0.4, 0.5) is 0 Å². The van der Waals surface area contributed by atoms with Crippen LogP contribution >= 0.6 is 11.6 Å². The average molecular weight is 574 g/mol. The Morgan fingerprint density at radius 1 is 1.05 bits per heavy atom. The van der Waals surface area contributed by atoms with E-state index in [1.807, 2.05) is 42.5 Å². The van der Waals surface area contributed by atoms with Gasteiger partial charge in [-0.2, -0.15) is 5.10 Å². The highest BCUT2D eigenvalue weighted by Gasteiger charge is 2.40. The molecule has 0 spiro atoms. The number of aliphatic imine (C=N–C) groups is 1. The molecule has 1 aliphatic carbocycles. The Morgan fingerprint density at radius 2 is 1.80 bits per heavy atom. The molecule has 0 saturated heterocycles. The lowest BCUT2D eigenvalue weighted by atomic mass is 9.79. The summed E-state index contributed by atoms with van der Waals surface area (Å²) in [5.74, 6) is -1.13. The first-order valence-corrected chi connectivity index (χ1v) is 13.5. The molecule has 2 amide bonds. The van der Waals surface area contributed by atoms with Crippen LogP contribution in [0.15, 0.2) is 87.5 Å². The van der Waals surface area contributed by atoms with E-state index in [-0.39, 0.29) is 37.5 Å². The highest BCUT2D eigenvalue weighted by Crippen LogP contribution is 2.42. The average Bonchev–Trinajstić information content (AvgIpc) is 3.41. The van der Waals surface area contributed by atoms with Gasteiger partial charge in [0.05, 0.1) is 37.3 Å². The Kier molecular flexibility index (Phi) is 8.16. The van der Waals surface area contributed by atoms with Gasteiger partial charge >= 0.3 is 5.97 Å². The molecule has 2 aromatic rings. The van der Waals surface area contributed by atoms with Gasteiger partial charge in [-0.15, -0.1) is 0 Å². The molecule has 5 rings (SSSR count). The number of amides is 2. The zero-order valence-electron chi connectivity index (χ0n) is 22.5. The van der Waals surface area contributed by atoms with Crippen molar-refractivity contribution in [3.63, 3.8) is 0 Å². The number of halogens is 1. The summed E-state index contributed by atoms with van der Waals surface area (Å²) in [7, 11) is 3.06. The van der Waals surface area contributed by atoms with Gasteiger partial charge in [0.15, 0.2) is 11.5 Å². The van der Waals surface area contributed by atoms with Crippen molar-refractivity contribution in [2.75, 3.05) is 14.2 Å². The van der Waals surface area contributed by atoms with Crippen LogP contribution in [0.1, 0.15) is 42.9 Å². The fourth-order valence-electron chi connectivity index (χ4n) is 5.29. The molecule has 2 aliphatic heterocycles. The molecule has 10 heteroatoms. The number of carboxylic acids is 1. The number of methoxy groups -OCH3 is 2. The van der Waals surface area contributed by atoms with Gasteiger partial charge in [-0.05, 0) is 47.4 Å². The summed E-state index contributed by atoms with van der Waals surface area (Å²) in [4.78, 5) is 42.5. The fourth-order valence-corrected chi connectivity index (χ4v) is 5.48. The SMILES string of the molecule is COc1ccc(C2CC(C3=C(c4ccccc4)C4C=C(Cl)C=CC4=NC3=O)=NN2C(=O)CCCC(=O)O)cc1OC. The van der Waals surface area contributed by atoms with Crippen LogP contribution in [0.25, 0.3) is 5.57 Å². The third-order valence-electron chi connectivity index (χ3n) is 7.20.